The molecule has 170 valence electrons. The van der Waals surface area contributed by atoms with Gasteiger partial charge in [0, 0.05) is 17.8 Å². The third-order valence-corrected chi connectivity index (χ3v) is 5.05. The summed E-state index contributed by atoms with van der Waals surface area (Å²) in [5, 5.41) is 7.48. The number of hydrogen-bond donors (Lipinski definition) is 2. The van der Waals surface area contributed by atoms with Crippen LogP contribution >= 0.6 is 0 Å². The highest BCUT2D eigenvalue weighted by Crippen LogP contribution is 2.23. The zero-order chi connectivity index (χ0) is 23.1. The van der Waals surface area contributed by atoms with Gasteiger partial charge in [0.15, 0.2) is 0 Å². The minimum absolute atomic E-state index is 0.0292. The highest BCUT2D eigenvalue weighted by atomic mass is 16.5. The lowest BCUT2D eigenvalue weighted by Crippen LogP contribution is -2.25. The quantitative estimate of drug-likeness (QED) is 0.342. The molecule has 0 bridgehead atoms. The first-order valence-corrected chi connectivity index (χ1v) is 10.1. The average molecular weight is 441 g/mol. The van der Waals surface area contributed by atoms with Gasteiger partial charge in [0.05, 0.1) is 27.1 Å². The fraction of sp³-hybridized carbons (Fsp3) is 0.348. The summed E-state index contributed by atoms with van der Waals surface area (Å²) in [5.74, 6) is -0.187. The summed E-state index contributed by atoms with van der Waals surface area (Å²) in [6, 6.07) is 12.7. The summed E-state index contributed by atoms with van der Waals surface area (Å²) in [5.41, 5.74) is 8.52. The van der Waals surface area contributed by atoms with Gasteiger partial charge in [0.1, 0.15) is 31.0 Å². The second-order valence-corrected chi connectivity index (χ2v) is 7.40. The average Bonchev–Trinajstić information content (AvgIpc) is 3.26. The number of ether oxygens (including phenoxy) is 4. The molecule has 32 heavy (non-hydrogen) atoms. The van der Waals surface area contributed by atoms with Gasteiger partial charge in [0.25, 0.3) is 0 Å². The van der Waals surface area contributed by atoms with E-state index in [1.807, 2.05) is 12.1 Å². The van der Waals surface area contributed by atoms with Gasteiger partial charge in [-0.3, -0.25) is 15.0 Å². The van der Waals surface area contributed by atoms with Crippen molar-refractivity contribution in [1.29, 1.82) is 5.41 Å². The molecule has 1 unspecified atom stereocenters. The van der Waals surface area contributed by atoms with E-state index in [1.54, 1.807) is 30.3 Å². The standard InChI is InChI=1S/C23H27N3O6/c1-29-21(27)10-15-7-16(11-22(28)30-2)9-19(8-15)31-13-20-12-26(14-32-20)18-5-3-17(4-6-18)23(24)25/h3-9,20H,10-14H2,1-2H3,(H3,24,25). The minimum Gasteiger partial charge on any atom is -0.491 e. The van der Waals surface area contributed by atoms with Gasteiger partial charge in [-0.25, -0.2) is 0 Å². The summed E-state index contributed by atoms with van der Waals surface area (Å²) >= 11 is 0. The van der Waals surface area contributed by atoms with Crippen LogP contribution in [0, 0.1) is 5.41 Å². The van der Waals surface area contributed by atoms with Crippen molar-refractivity contribution in [3.8, 4) is 5.75 Å². The van der Waals surface area contributed by atoms with Gasteiger partial charge in [-0.2, -0.15) is 0 Å². The topological polar surface area (TPSA) is 124 Å². The van der Waals surface area contributed by atoms with Crippen LogP contribution in [0.15, 0.2) is 42.5 Å². The number of nitrogens with two attached hydrogens (primary N) is 1. The molecule has 0 radical (unpaired) electrons. The molecule has 1 fully saturated rings. The number of amidine groups is 1. The van der Waals surface area contributed by atoms with E-state index in [9.17, 15) is 9.59 Å². The lowest BCUT2D eigenvalue weighted by Gasteiger charge is -2.17. The van der Waals surface area contributed by atoms with Crippen molar-refractivity contribution < 1.29 is 28.5 Å². The number of methoxy groups -OCH3 is 2. The first-order valence-electron chi connectivity index (χ1n) is 10.1. The molecule has 2 aromatic rings. The molecular weight excluding hydrogens is 414 g/mol. The molecule has 1 saturated heterocycles. The van der Waals surface area contributed by atoms with Crippen molar-refractivity contribution in [1.82, 2.24) is 0 Å². The Morgan fingerprint density at radius 2 is 1.66 bits per heavy atom. The number of anilines is 1. The third kappa shape index (κ3) is 6.21. The Balaban J connectivity index is 1.63. The number of nitrogens with one attached hydrogen (secondary N) is 1. The summed E-state index contributed by atoms with van der Waals surface area (Å²) in [6.45, 7) is 1.36. The van der Waals surface area contributed by atoms with Crippen molar-refractivity contribution in [2.24, 2.45) is 5.73 Å². The van der Waals surface area contributed by atoms with E-state index < -0.39 is 0 Å². The normalized spacial score (nSPS) is 15.3. The Bertz CT molecular complexity index is 940. The molecule has 0 saturated carbocycles. The van der Waals surface area contributed by atoms with Crippen LogP contribution in [0.2, 0.25) is 0 Å². The molecule has 0 amide bonds. The maximum atomic E-state index is 11.7. The van der Waals surface area contributed by atoms with Gasteiger partial charge in [-0.15, -0.1) is 0 Å². The molecule has 1 atom stereocenters. The lowest BCUT2D eigenvalue weighted by atomic mass is 10.1. The maximum absolute atomic E-state index is 11.7. The molecule has 1 aliphatic heterocycles. The van der Waals surface area contributed by atoms with Crippen LogP contribution in [-0.2, 0) is 36.6 Å². The van der Waals surface area contributed by atoms with Gasteiger partial charge in [-0.1, -0.05) is 6.07 Å². The Morgan fingerprint density at radius 3 is 2.19 bits per heavy atom. The van der Waals surface area contributed by atoms with Gasteiger partial charge < -0.3 is 29.6 Å². The Hall–Kier alpha value is -3.59. The van der Waals surface area contributed by atoms with E-state index in [1.165, 1.54) is 14.2 Å². The molecule has 3 N–H and O–H groups in total. The number of rotatable bonds is 9. The van der Waals surface area contributed by atoms with E-state index in [0.717, 1.165) is 5.69 Å². The summed E-state index contributed by atoms with van der Waals surface area (Å²) in [7, 11) is 2.66. The van der Waals surface area contributed by atoms with Crippen LogP contribution in [0.25, 0.3) is 0 Å². The summed E-state index contributed by atoms with van der Waals surface area (Å²) in [6.07, 6.45) is -0.00619. The number of carbonyl (C=O) groups is 2. The molecule has 2 aromatic carbocycles. The number of esters is 2. The molecular formula is C23H27N3O6. The Kier molecular flexibility index (Phi) is 7.67. The Labute approximate surface area is 186 Å². The van der Waals surface area contributed by atoms with Crippen LogP contribution in [-0.4, -0.2) is 58.0 Å². The van der Waals surface area contributed by atoms with E-state index in [4.69, 9.17) is 30.1 Å². The van der Waals surface area contributed by atoms with Gasteiger partial charge in [0.2, 0.25) is 0 Å². The highest BCUT2D eigenvalue weighted by Gasteiger charge is 2.24. The lowest BCUT2D eigenvalue weighted by molar-refractivity contribution is -0.140. The zero-order valence-corrected chi connectivity index (χ0v) is 18.1. The van der Waals surface area contributed by atoms with Crippen LogP contribution < -0.4 is 15.4 Å². The fourth-order valence-electron chi connectivity index (χ4n) is 3.36. The second-order valence-electron chi connectivity index (χ2n) is 7.40. The molecule has 9 heteroatoms. The number of benzene rings is 2. The largest absolute Gasteiger partial charge is 0.491 e. The molecule has 0 aromatic heterocycles. The van der Waals surface area contributed by atoms with Crippen LogP contribution in [0.3, 0.4) is 0 Å². The second kappa shape index (κ2) is 10.6. The maximum Gasteiger partial charge on any atom is 0.309 e. The number of nitrogens with zero attached hydrogens (tertiary/aromatic N) is 1. The number of carbonyl (C=O) groups excluding carboxylic acids is 2. The SMILES string of the molecule is COC(=O)Cc1cc(CC(=O)OC)cc(OCC2CN(c3ccc(C(=N)N)cc3)CO2)c1. The van der Waals surface area contributed by atoms with E-state index in [2.05, 4.69) is 4.90 Å². The van der Waals surface area contributed by atoms with Crippen LogP contribution in [0.1, 0.15) is 16.7 Å². The van der Waals surface area contributed by atoms with E-state index in [0.29, 0.717) is 42.3 Å². The highest BCUT2D eigenvalue weighted by molar-refractivity contribution is 5.95. The first-order chi connectivity index (χ1) is 15.4. The molecule has 1 heterocycles. The molecule has 0 aliphatic carbocycles. The van der Waals surface area contributed by atoms with E-state index >= 15 is 0 Å². The van der Waals surface area contributed by atoms with Crippen molar-refractivity contribution in [2.75, 3.05) is 39.0 Å². The molecule has 1 aliphatic rings. The Morgan fingerprint density at radius 1 is 1.06 bits per heavy atom. The summed E-state index contributed by atoms with van der Waals surface area (Å²) < 4.78 is 21.2. The third-order valence-electron chi connectivity index (χ3n) is 5.05. The predicted octanol–water partition coefficient (Wildman–Crippen LogP) is 1.64. The van der Waals surface area contributed by atoms with Crippen molar-refractivity contribution >= 4 is 23.5 Å². The first kappa shape index (κ1) is 23.1. The molecule has 9 nitrogen and oxygen atoms in total. The number of nitrogen functional groups attached to an aromatic ring is 1. The smallest absolute Gasteiger partial charge is 0.309 e. The minimum atomic E-state index is -0.378. The summed E-state index contributed by atoms with van der Waals surface area (Å²) in [4.78, 5) is 25.4. The van der Waals surface area contributed by atoms with Crippen molar-refractivity contribution in [3.05, 3.63) is 59.2 Å². The molecule has 0 spiro atoms. The monoisotopic (exact) mass is 441 g/mol. The number of hydrogen-bond acceptors (Lipinski definition) is 8. The van der Waals surface area contributed by atoms with E-state index in [-0.39, 0.29) is 36.7 Å². The fourth-order valence-corrected chi connectivity index (χ4v) is 3.36. The van der Waals surface area contributed by atoms with Gasteiger partial charge in [-0.05, 0) is 47.5 Å². The predicted molar refractivity (Wildman–Crippen MR) is 118 cm³/mol. The zero-order valence-electron chi connectivity index (χ0n) is 18.1. The van der Waals surface area contributed by atoms with Crippen molar-refractivity contribution in [3.63, 3.8) is 0 Å². The van der Waals surface area contributed by atoms with Crippen molar-refractivity contribution in [2.45, 2.75) is 18.9 Å². The van der Waals surface area contributed by atoms with Gasteiger partial charge >= 0.3 is 11.9 Å². The van der Waals surface area contributed by atoms with Crippen LogP contribution in [0.5, 0.6) is 5.75 Å². The van der Waals surface area contributed by atoms with Crippen LogP contribution in [0.4, 0.5) is 5.69 Å². The molecule has 3 rings (SSSR count).